The normalized spacial score (nSPS) is 17.8. The molecule has 33 heavy (non-hydrogen) atoms. The summed E-state index contributed by atoms with van der Waals surface area (Å²) < 4.78 is 40.4. The molecule has 2 aliphatic heterocycles. The van der Waals surface area contributed by atoms with Gasteiger partial charge in [-0.15, -0.1) is 0 Å². The van der Waals surface area contributed by atoms with Crippen LogP contribution in [0.15, 0.2) is 53.4 Å². The number of hydrogen-bond acceptors (Lipinski definition) is 5. The lowest BCUT2D eigenvalue weighted by atomic mass is 10.1. The summed E-state index contributed by atoms with van der Waals surface area (Å²) in [5.41, 5.74) is 0.741. The fraction of sp³-hybridized carbons (Fsp3) is 0.391. The molecule has 2 aliphatic rings. The fourth-order valence-electron chi connectivity index (χ4n) is 4.13. The standard InChI is InChI=1S/C23H27FN4O4S/c24-19-6-3-5-18(15-19)23(30)27-13-11-26(12-14-27)17-22(29)25-20-7-4-8-21(16-20)33(31,32)28-9-1-2-10-28/h3-8,15-16H,1-2,9-14,17H2,(H,25,29). The lowest BCUT2D eigenvalue weighted by Crippen LogP contribution is -2.50. The first-order valence-corrected chi connectivity index (χ1v) is 12.4. The van der Waals surface area contributed by atoms with Gasteiger partial charge >= 0.3 is 0 Å². The molecule has 10 heteroatoms. The van der Waals surface area contributed by atoms with E-state index in [9.17, 15) is 22.4 Å². The zero-order valence-electron chi connectivity index (χ0n) is 18.2. The van der Waals surface area contributed by atoms with Crippen LogP contribution >= 0.6 is 0 Å². The predicted molar refractivity (Wildman–Crippen MR) is 122 cm³/mol. The summed E-state index contributed by atoms with van der Waals surface area (Å²) in [7, 11) is -3.55. The Morgan fingerprint density at radius 1 is 0.909 bits per heavy atom. The first-order valence-electron chi connectivity index (χ1n) is 11.0. The molecule has 0 atom stereocenters. The number of carbonyl (C=O) groups excluding carboxylic acids is 2. The first kappa shape index (κ1) is 23.3. The Morgan fingerprint density at radius 2 is 1.61 bits per heavy atom. The molecule has 8 nitrogen and oxygen atoms in total. The number of benzene rings is 2. The van der Waals surface area contributed by atoms with E-state index in [1.807, 2.05) is 4.90 Å². The highest BCUT2D eigenvalue weighted by Crippen LogP contribution is 2.23. The Labute approximate surface area is 193 Å². The number of amides is 2. The lowest BCUT2D eigenvalue weighted by molar-refractivity contribution is -0.117. The maximum absolute atomic E-state index is 13.4. The van der Waals surface area contributed by atoms with Crippen LogP contribution in [-0.2, 0) is 14.8 Å². The minimum Gasteiger partial charge on any atom is -0.336 e. The van der Waals surface area contributed by atoms with E-state index in [0.29, 0.717) is 50.5 Å². The smallest absolute Gasteiger partial charge is 0.254 e. The summed E-state index contributed by atoms with van der Waals surface area (Å²) in [6.07, 6.45) is 1.72. The van der Waals surface area contributed by atoms with Crippen LogP contribution in [0.4, 0.5) is 10.1 Å². The number of rotatable bonds is 6. The van der Waals surface area contributed by atoms with E-state index in [2.05, 4.69) is 5.32 Å². The van der Waals surface area contributed by atoms with Gasteiger partial charge in [-0.05, 0) is 49.2 Å². The number of nitrogens with one attached hydrogen (secondary N) is 1. The largest absolute Gasteiger partial charge is 0.336 e. The van der Waals surface area contributed by atoms with Crippen molar-refractivity contribution in [2.45, 2.75) is 17.7 Å². The van der Waals surface area contributed by atoms with Crippen LogP contribution in [0.3, 0.4) is 0 Å². The van der Waals surface area contributed by atoms with Gasteiger partial charge in [0.15, 0.2) is 0 Å². The summed E-state index contributed by atoms with van der Waals surface area (Å²) in [4.78, 5) is 28.8. The molecule has 0 aliphatic carbocycles. The second-order valence-corrected chi connectivity index (χ2v) is 10.2. The van der Waals surface area contributed by atoms with Crippen LogP contribution in [0.2, 0.25) is 0 Å². The summed E-state index contributed by atoms with van der Waals surface area (Å²) in [5, 5.41) is 2.77. The van der Waals surface area contributed by atoms with Crippen LogP contribution < -0.4 is 5.32 Å². The van der Waals surface area contributed by atoms with E-state index >= 15 is 0 Å². The van der Waals surface area contributed by atoms with Crippen molar-refractivity contribution < 1.29 is 22.4 Å². The summed E-state index contributed by atoms with van der Waals surface area (Å²) in [6, 6.07) is 11.9. The van der Waals surface area contributed by atoms with Gasteiger partial charge in [0.25, 0.3) is 5.91 Å². The Bertz CT molecular complexity index is 1130. The number of halogens is 1. The van der Waals surface area contributed by atoms with Gasteiger partial charge in [0, 0.05) is 50.5 Å². The third-order valence-electron chi connectivity index (χ3n) is 5.92. The third kappa shape index (κ3) is 5.58. The highest BCUT2D eigenvalue weighted by Gasteiger charge is 2.27. The molecule has 0 saturated carbocycles. The van der Waals surface area contributed by atoms with Gasteiger partial charge in [-0.1, -0.05) is 12.1 Å². The number of sulfonamides is 1. The van der Waals surface area contributed by atoms with Gasteiger partial charge in [0.1, 0.15) is 5.82 Å². The second kappa shape index (κ2) is 9.98. The van der Waals surface area contributed by atoms with Gasteiger partial charge in [-0.3, -0.25) is 14.5 Å². The number of anilines is 1. The van der Waals surface area contributed by atoms with Crippen molar-refractivity contribution in [2.75, 3.05) is 51.1 Å². The number of carbonyl (C=O) groups is 2. The van der Waals surface area contributed by atoms with E-state index in [4.69, 9.17) is 0 Å². The third-order valence-corrected chi connectivity index (χ3v) is 7.81. The monoisotopic (exact) mass is 474 g/mol. The van der Waals surface area contributed by atoms with Crippen molar-refractivity contribution in [1.82, 2.24) is 14.1 Å². The Morgan fingerprint density at radius 3 is 2.30 bits per heavy atom. The highest BCUT2D eigenvalue weighted by molar-refractivity contribution is 7.89. The van der Waals surface area contributed by atoms with Crippen molar-refractivity contribution in [1.29, 1.82) is 0 Å². The number of nitrogens with zero attached hydrogens (tertiary/aromatic N) is 3. The van der Waals surface area contributed by atoms with E-state index < -0.39 is 15.8 Å². The molecule has 2 heterocycles. The Balaban J connectivity index is 1.30. The maximum atomic E-state index is 13.4. The zero-order valence-corrected chi connectivity index (χ0v) is 19.1. The van der Waals surface area contributed by atoms with Crippen molar-refractivity contribution in [3.63, 3.8) is 0 Å². The molecule has 2 aromatic rings. The minimum atomic E-state index is -3.55. The van der Waals surface area contributed by atoms with Crippen molar-refractivity contribution in [2.24, 2.45) is 0 Å². The first-order chi connectivity index (χ1) is 15.8. The quantitative estimate of drug-likeness (QED) is 0.692. The zero-order chi connectivity index (χ0) is 23.4. The minimum absolute atomic E-state index is 0.130. The molecular formula is C23H27FN4O4S. The number of hydrogen-bond donors (Lipinski definition) is 1. The van der Waals surface area contributed by atoms with Crippen LogP contribution in [0, 0.1) is 5.82 Å². The van der Waals surface area contributed by atoms with Crippen LogP contribution in [0.25, 0.3) is 0 Å². The molecule has 0 spiro atoms. The van der Waals surface area contributed by atoms with Crippen LogP contribution in [0.1, 0.15) is 23.2 Å². The van der Waals surface area contributed by atoms with Crippen LogP contribution in [-0.4, -0.2) is 80.2 Å². The van der Waals surface area contributed by atoms with Gasteiger partial charge in [-0.25, -0.2) is 12.8 Å². The Hall–Kier alpha value is -2.82. The number of piperazine rings is 1. The molecule has 2 amide bonds. The highest BCUT2D eigenvalue weighted by atomic mass is 32.2. The summed E-state index contributed by atoms with van der Waals surface area (Å²) >= 11 is 0. The summed E-state index contributed by atoms with van der Waals surface area (Å²) in [5.74, 6) is -0.932. The topological polar surface area (TPSA) is 90.0 Å². The second-order valence-electron chi connectivity index (χ2n) is 8.27. The SMILES string of the molecule is O=C(CN1CCN(C(=O)c2cccc(F)c2)CC1)Nc1cccc(S(=O)(=O)N2CCCC2)c1. The van der Waals surface area contributed by atoms with Gasteiger partial charge in [-0.2, -0.15) is 4.31 Å². The molecule has 2 fully saturated rings. The van der Waals surface area contributed by atoms with Crippen molar-refractivity contribution in [3.05, 3.63) is 59.9 Å². The maximum Gasteiger partial charge on any atom is 0.254 e. The van der Waals surface area contributed by atoms with Gasteiger partial charge in [0.2, 0.25) is 15.9 Å². The molecule has 0 bridgehead atoms. The molecule has 0 aromatic heterocycles. The lowest BCUT2D eigenvalue weighted by Gasteiger charge is -2.34. The van der Waals surface area contributed by atoms with E-state index in [1.165, 1.54) is 34.6 Å². The molecular weight excluding hydrogens is 447 g/mol. The summed E-state index contributed by atoms with van der Waals surface area (Å²) in [6.45, 7) is 3.07. The van der Waals surface area contributed by atoms with E-state index in [-0.39, 0.29) is 23.3 Å². The average molecular weight is 475 g/mol. The van der Waals surface area contributed by atoms with E-state index in [0.717, 1.165) is 12.8 Å². The van der Waals surface area contributed by atoms with Crippen LogP contribution in [0.5, 0.6) is 0 Å². The molecule has 4 rings (SSSR count). The molecule has 176 valence electrons. The molecule has 1 N–H and O–H groups in total. The molecule has 2 aromatic carbocycles. The van der Waals surface area contributed by atoms with Crippen molar-refractivity contribution >= 4 is 27.5 Å². The van der Waals surface area contributed by atoms with E-state index in [1.54, 1.807) is 23.1 Å². The average Bonchev–Trinajstić information content (AvgIpc) is 3.35. The predicted octanol–water partition coefficient (Wildman–Crippen LogP) is 2.01. The Kier molecular flexibility index (Phi) is 7.06. The van der Waals surface area contributed by atoms with Gasteiger partial charge < -0.3 is 10.2 Å². The fourth-order valence-corrected chi connectivity index (χ4v) is 5.69. The van der Waals surface area contributed by atoms with Gasteiger partial charge in [0.05, 0.1) is 11.4 Å². The molecule has 0 radical (unpaired) electrons. The molecule has 0 unspecified atom stereocenters. The van der Waals surface area contributed by atoms with Crippen molar-refractivity contribution in [3.8, 4) is 0 Å². The molecule has 2 saturated heterocycles.